The average molecular weight is 220 g/mol. The van der Waals surface area contributed by atoms with Gasteiger partial charge in [-0.1, -0.05) is 19.1 Å². The molecule has 3 nitrogen and oxygen atoms in total. The van der Waals surface area contributed by atoms with E-state index in [9.17, 15) is 0 Å². The maximum absolute atomic E-state index is 5.46. The van der Waals surface area contributed by atoms with Gasteiger partial charge < -0.3 is 15.4 Å². The van der Waals surface area contributed by atoms with Crippen LogP contribution in [0, 0.1) is 0 Å². The van der Waals surface area contributed by atoms with Gasteiger partial charge in [-0.05, 0) is 31.1 Å². The number of hydrogen-bond donors (Lipinski definition) is 2. The Morgan fingerprint density at radius 1 is 1.50 bits per heavy atom. The van der Waals surface area contributed by atoms with Crippen LogP contribution in [0.2, 0.25) is 0 Å². The van der Waals surface area contributed by atoms with E-state index >= 15 is 0 Å². The van der Waals surface area contributed by atoms with Crippen LogP contribution in [0.1, 0.15) is 24.1 Å². The quantitative estimate of drug-likeness (QED) is 0.806. The van der Waals surface area contributed by atoms with Crippen molar-refractivity contribution in [3.8, 4) is 5.75 Å². The fourth-order valence-corrected chi connectivity index (χ4v) is 2.33. The molecule has 1 heterocycles. The molecule has 1 atom stereocenters. The summed E-state index contributed by atoms with van der Waals surface area (Å²) in [5.74, 6) is 1.01. The number of ether oxygens (including phenoxy) is 1. The molecular formula is C13H20N2O. The molecule has 0 amide bonds. The zero-order valence-corrected chi connectivity index (χ0v) is 10.0. The summed E-state index contributed by atoms with van der Waals surface area (Å²) in [5, 5.41) is 6.93. The normalized spacial score (nSPS) is 19.2. The Labute approximate surface area is 97.2 Å². The summed E-state index contributed by atoms with van der Waals surface area (Å²) in [5.41, 5.74) is 2.75. The zero-order chi connectivity index (χ0) is 11.4. The molecule has 1 aromatic carbocycles. The maximum Gasteiger partial charge on any atom is 0.123 e. The molecule has 0 fully saturated rings. The minimum Gasteiger partial charge on any atom is -0.496 e. The van der Waals surface area contributed by atoms with Crippen LogP contribution in [-0.2, 0) is 6.42 Å². The number of benzene rings is 1. The molecule has 0 radical (unpaired) electrons. The number of likely N-dealkylation sites (N-methyl/N-ethyl adjacent to an activating group) is 1. The fraction of sp³-hybridized carbons (Fsp3) is 0.538. The van der Waals surface area contributed by atoms with Crippen molar-refractivity contribution in [3.05, 3.63) is 29.3 Å². The van der Waals surface area contributed by atoms with Crippen LogP contribution in [0.25, 0.3) is 0 Å². The molecule has 2 rings (SSSR count). The van der Waals surface area contributed by atoms with Gasteiger partial charge in [-0.3, -0.25) is 0 Å². The Kier molecular flexibility index (Phi) is 3.80. The monoisotopic (exact) mass is 220 g/mol. The van der Waals surface area contributed by atoms with E-state index < -0.39 is 0 Å². The molecule has 1 unspecified atom stereocenters. The lowest BCUT2D eigenvalue weighted by molar-refractivity contribution is 0.388. The first-order valence-corrected chi connectivity index (χ1v) is 5.96. The van der Waals surface area contributed by atoms with Crippen LogP contribution in [-0.4, -0.2) is 26.7 Å². The molecule has 0 spiro atoms. The van der Waals surface area contributed by atoms with E-state index in [1.807, 2.05) is 6.07 Å². The number of hydrogen-bond acceptors (Lipinski definition) is 3. The minimum absolute atomic E-state index is 0.375. The SMILES string of the molecule is CCNCC1NCCc2cccc(OC)c21. The second-order valence-electron chi connectivity index (χ2n) is 4.10. The van der Waals surface area contributed by atoms with Gasteiger partial charge in [-0.2, -0.15) is 0 Å². The van der Waals surface area contributed by atoms with Crippen molar-refractivity contribution < 1.29 is 4.74 Å². The second kappa shape index (κ2) is 5.32. The van der Waals surface area contributed by atoms with Gasteiger partial charge in [-0.25, -0.2) is 0 Å². The van der Waals surface area contributed by atoms with E-state index in [4.69, 9.17) is 4.74 Å². The van der Waals surface area contributed by atoms with E-state index in [0.717, 1.165) is 31.8 Å². The van der Waals surface area contributed by atoms with Crippen molar-refractivity contribution >= 4 is 0 Å². The van der Waals surface area contributed by atoms with E-state index in [1.165, 1.54) is 11.1 Å². The summed E-state index contributed by atoms with van der Waals surface area (Å²) >= 11 is 0. The lowest BCUT2D eigenvalue weighted by Gasteiger charge is -2.28. The van der Waals surface area contributed by atoms with Gasteiger partial charge in [0.25, 0.3) is 0 Å². The van der Waals surface area contributed by atoms with Gasteiger partial charge in [0.05, 0.1) is 7.11 Å². The lowest BCUT2D eigenvalue weighted by atomic mass is 9.93. The molecule has 0 bridgehead atoms. The highest BCUT2D eigenvalue weighted by atomic mass is 16.5. The summed E-state index contributed by atoms with van der Waals surface area (Å²) in [4.78, 5) is 0. The third-order valence-electron chi connectivity index (χ3n) is 3.11. The second-order valence-corrected chi connectivity index (χ2v) is 4.10. The number of methoxy groups -OCH3 is 1. The predicted molar refractivity (Wildman–Crippen MR) is 66.0 cm³/mol. The van der Waals surface area contributed by atoms with Crippen molar-refractivity contribution in [2.45, 2.75) is 19.4 Å². The van der Waals surface area contributed by atoms with Gasteiger partial charge in [-0.15, -0.1) is 0 Å². The van der Waals surface area contributed by atoms with Crippen molar-refractivity contribution in [1.29, 1.82) is 0 Å². The van der Waals surface area contributed by atoms with E-state index in [1.54, 1.807) is 7.11 Å². The molecule has 1 aliphatic heterocycles. The number of nitrogens with one attached hydrogen (secondary N) is 2. The van der Waals surface area contributed by atoms with Crippen LogP contribution >= 0.6 is 0 Å². The lowest BCUT2D eigenvalue weighted by Crippen LogP contribution is -2.37. The summed E-state index contributed by atoms with van der Waals surface area (Å²) < 4.78 is 5.46. The van der Waals surface area contributed by atoms with E-state index in [-0.39, 0.29) is 0 Å². The molecule has 16 heavy (non-hydrogen) atoms. The molecule has 3 heteroatoms. The Morgan fingerprint density at radius 2 is 2.38 bits per heavy atom. The molecule has 0 saturated carbocycles. The largest absolute Gasteiger partial charge is 0.496 e. The minimum atomic E-state index is 0.375. The van der Waals surface area contributed by atoms with Crippen LogP contribution in [0.3, 0.4) is 0 Å². The Balaban J connectivity index is 2.27. The Bertz CT molecular complexity index is 338. The van der Waals surface area contributed by atoms with Crippen molar-refractivity contribution in [2.24, 2.45) is 0 Å². The van der Waals surface area contributed by atoms with Gasteiger partial charge >= 0.3 is 0 Å². The molecule has 88 valence electrons. The van der Waals surface area contributed by atoms with Gasteiger partial charge in [0.1, 0.15) is 5.75 Å². The van der Waals surface area contributed by atoms with Crippen molar-refractivity contribution in [3.63, 3.8) is 0 Å². The summed E-state index contributed by atoms with van der Waals surface area (Å²) in [6.45, 7) is 5.15. The van der Waals surface area contributed by atoms with Gasteiger partial charge in [0.2, 0.25) is 0 Å². The summed E-state index contributed by atoms with van der Waals surface area (Å²) in [6, 6.07) is 6.70. The number of rotatable bonds is 4. The Morgan fingerprint density at radius 3 is 3.12 bits per heavy atom. The highest BCUT2D eigenvalue weighted by Gasteiger charge is 2.22. The van der Waals surface area contributed by atoms with Gasteiger partial charge in [0, 0.05) is 18.2 Å². The third-order valence-corrected chi connectivity index (χ3v) is 3.11. The third kappa shape index (κ3) is 2.20. The van der Waals surface area contributed by atoms with Crippen LogP contribution in [0.5, 0.6) is 5.75 Å². The van der Waals surface area contributed by atoms with Crippen LogP contribution < -0.4 is 15.4 Å². The van der Waals surface area contributed by atoms with E-state index in [2.05, 4.69) is 29.7 Å². The van der Waals surface area contributed by atoms with E-state index in [0.29, 0.717) is 6.04 Å². The van der Waals surface area contributed by atoms with Crippen molar-refractivity contribution in [2.75, 3.05) is 26.7 Å². The highest BCUT2D eigenvalue weighted by molar-refractivity contribution is 5.44. The molecular weight excluding hydrogens is 200 g/mol. The van der Waals surface area contributed by atoms with Crippen LogP contribution in [0.15, 0.2) is 18.2 Å². The first kappa shape index (κ1) is 11.4. The Hall–Kier alpha value is -1.06. The molecule has 0 aromatic heterocycles. The smallest absolute Gasteiger partial charge is 0.123 e. The molecule has 1 aromatic rings. The highest BCUT2D eigenvalue weighted by Crippen LogP contribution is 2.31. The molecule has 0 aliphatic carbocycles. The average Bonchev–Trinajstić information content (AvgIpc) is 2.35. The molecule has 2 N–H and O–H groups in total. The summed E-state index contributed by atoms with van der Waals surface area (Å²) in [7, 11) is 1.74. The predicted octanol–water partition coefficient (Wildman–Crippen LogP) is 1.49. The van der Waals surface area contributed by atoms with Crippen molar-refractivity contribution in [1.82, 2.24) is 10.6 Å². The standard InChI is InChI=1S/C13H20N2O/c1-3-14-9-11-13-10(7-8-15-11)5-4-6-12(13)16-2/h4-6,11,14-15H,3,7-9H2,1-2H3. The first-order valence-electron chi connectivity index (χ1n) is 5.96. The molecule has 1 aliphatic rings. The maximum atomic E-state index is 5.46. The summed E-state index contributed by atoms with van der Waals surface area (Å²) in [6.07, 6.45) is 1.09. The van der Waals surface area contributed by atoms with Gasteiger partial charge in [0.15, 0.2) is 0 Å². The zero-order valence-electron chi connectivity index (χ0n) is 10.0. The fourth-order valence-electron chi connectivity index (χ4n) is 2.33. The topological polar surface area (TPSA) is 33.3 Å². The molecule has 0 saturated heterocycles. The first-order chi connectivity index (χ1) is 7.86. The number of fused-ring (bicyclic) bond motifs is 1. The van der Waals surface area contributed by atoms with Crippen LogP contribution in [0.4, 0.5) is 0 Å².